The van der Waals surface area contributed by atoms with Crippen molar-refractivity contribution in [1.82, 2.24) is 10.2 Å². The highest BCUT2D eigenvalue weighted by atomic mass is 79.9. The minimum absolute atomic E-state index is 0.105. The van der Waals surface area contributed by atoms with Gasteiger partial charge < -0.3 is 10.6 Å². The highest BCUT2D eigenvalue weighted by Crippen LogP contribution is 2.31. The molecule has 1 aliphatic rings. The molecule has 1 atom stereocenters. The molecular weight excluding hydrogens is 451 g/mol. The van der Waals surface area contributed by atoms with E-state index < -0.39 is 40.7 Å². The molecule has 0 radical (unpaired) electrons. The molecule has 11 heteroatoms. The molecule has 2 aromatic carbocycles. The number of anilines is 1. The summed E-state index contributed by atoms with van der Waals surface area (Å²) in [6, 6.07) is 8.46. The summed E-state index contributed by atoms with van der Waals surface area (Å²) in [6.07, 6.45) is 0. The monoisotopic (exact) mass is 464 g/mol. The van der Waals surface area contributed by atoms with Crippen molar-refractivity contribution < 1.29 is 23.7 Å². The third-order valence-electron chi connectivity index (χ3n) is 4.42. The van der Waals surface area contributed by atoms with Crippen LogP contribution < -0.4 is 10.6 Å². The molecule has 3 rings (SSSR count). The molecule has 1 aliphatic heterocycles. The van der Waals surface area contributed by atoms with Crippen molar-refractivity contribution >= 4 is 45.2 Å². The fourth-order valence-electron chi connectivity index (χ4n) is 2.89. The number of carbonyl (C=O) groups is 3. The second kappa shape index (κ2) is 7.59. The van der Waals surface area contributed by atoms with Gasteiger partial charge in [-0.3, -0.25) is 24.6 Å². The zero-order valence-electron chi connectivity index (χ0n) is 14.9. The number of imide groups is 1. The van der Waals surface area contributed by atoms with E-state index in [0.717, 1.165) is 6.07 Å². The number of urea groups is 1. The maximum Gasteiger partial charge on any atom is 0.325 e. The van der Waals surface area contributed by atoms with Crippen LogP contribution in [-0.4, -0.2) is 34.2 Å². The number of non-ortho nitro benzene ring substituents is 1. The second-order valence-electron chi connectivity index (χ2n) is 6.43. The highest BCUT2D eigenvalue weighted by molar-refractivity contribution is 9.10. The van der Waals surface area contributed by atoms with E-state index in [1.807, 2.05) is 0 Å². The molecule has 0 aliphatic carbocycles. The Hall–Kier alpha value is -3.34. The maximum absolute atomic E-state index is 13.9. The van der Waals surface area contributed by atoms with E-state index in [9.17, 15) is 28.9 Å². The van der Waals surface area contributed by atoms with Crippen LogP contribution in [0.1, 0.15) is 12.5 Å². The largest absolute Gasteiger partial charge is 0.325 e. The summed E-state index contributed by atoms with van der Waals surface area (Å²) in [6.45, 7) is 0.739. The third-order valence-corrected chi connectivity index (χ3v) is 4.91. The van der Waals surface area contributed by atoms with E-state index >= 15 is 0 Å². The van der Waals surface area contributed by atoms with E-state index in [-0.39, 0.29) is 16.9 Å². The van der Waals surface area contributed by atoms with Gasteiger partial charge in [0.2, 0.25) is 5.91 Å². The van der Waals surface area contributed by atoms with Crippen molar-refractivity contribution in [3.63, 3.8) is 0 Å². The molecule has 2 aromatic rings. The topological polar surface area (TPSA) is 122 Å². The first-order chi connectivity index (χ1) is 13.6. The molecule has 1 unspecified atom stereocenters. The Kier molecular flexibility index (Phi) is 5.33. The van der Waals surface area contributed by atoms with Crippen molar-refractivity contribution in [2.45, 2.75) is 12.5 Å². The van der Waals surface area contributed by atoms with E-state index in [1.54, 1.807) is 0 Å². The lowest BCUT2D eigenvalue weighted by atomic mass is 9.91. The highest BCUT2D eigenvalue weighted by Gasteiger charge is 2.49. The zero-order chi connectivity index (χ0) is 21.3. The first kappa shape index (κ1) is 20.4. The van der Waals surface area contributed by atoms with Crippen LogP contribution in [0.25, 0.3) is 0 Å². The Morgan fingerprint density at radius 3 is 2.69 bits per heavy atom. The number of nitrogens with zero attached hydrogens (tertiary/aromatic N) is 2. The number of nitro benzene ring substituents is 1. The fraction of sp³-hybridized carbons (Fsp3) is 0.167. The van der Waals surface area contributed by atoms with Crippen LogP contribution in [0.3, 0.4) is 0 Å². The van der Waals surface area contributed by atoms with Gasteiger partial charge in [-0.05, 0) is 30.7 Å². The number of hydrogen-bond donors (Lipinski definition) is 2. The van der Waals surface area contributed by atoms with Gasteiger partial charge in [-0.25, -0.2) is 9.18 Å². The van der Waals surface area contributed by atoms with Gasteiger partial charge >= 0.3 is 6.03 Å². The SMILES string of the molecule is CC1(c2cccc([N+](=O)[O-])c2)NC(=O)N(CC(=O)Nc2ccc(Br)cc2F)C1=O. The number of benzene rings is 2. The predicted octanol–water partition coefficient (Wildman–Crippen LogP) is 2.90. The van der Waals surface area contributed by atoms with Gasteiger partial charge in [0.25, 0.3) is 11.6 Å². The molecule has 1 fully saturated rings. The Bertz CT molecular complexity index is 1050. The molecule has 29 heavy (non-hydrogen) atoms. The standard InChI is InChI=1S/C18H14BrFN4O5/c1-18(10-3-2-4-12(7-10)24(28)29)16(26)23(17(27)22-18)9-15(25)21-14-6-5-11(19)8-13(14)20/h2-8H,9H2,1H3,(H,21,25)(H,22,27). The lowest BCUT2D eigenvalue weighted by molar-refractivity contribution is -0.385. The van der Waals surface area contributed by atoms with Gasteiger partial charge in [0.05, 0.1) is 10.6 Å². The second-order valence-corrected chi connectivity index (χ2v) is 7.34. The van der Waals surface area contributed by atoms with Gasteiger partial charge in [-0.1, -0.05) is 28.1 Å². The molecule has 0 aromatic heterocycles. The first-order valence-electron chi connectivity index (χ1n) is 8.26. The van der Waals surface area contributed by atoms with Crippen molar-refractivity contribution in [3.05, 3.63) is 68.4 Å². The first-order valence-corrected chi connectivity index (χ1v) is 9.05. The van der Waals surface area contributed by atoms with Crippen LogP contribution in [0, 0.1) is 15.9 Å². The predicted molar refractivity (Wildman–Crippen MR) is 103 cm³/mol. The number of carbonyl (C=O) groups excluding carboxylic acids is 3. The van der Waals surface area contributed by atoms with Crippen LogP contribution >= 0.6 is 15.9 Å². The Labute approximate surface area is 172 Å². The van der Waals surface area contributed by atoms with Crippen LogP contribution in [0.2, 0.25) is 0 Å². The van der Waals surface area contributed by atoms with Gasteiger partial charge in [0, 0.05) is 16.6 Å². The maximum atomic E-state index is 13.9. The minimum Gasteiger partial charge on any atom is -0.322 e. The third kappa shape index (κ3) is 3.94. The molecule has 2 N–H and O–H groups in total. The quantitative estimate of drug-likeness (QED) is 0.400. The molecular formula is C18H14BrFN4O5. The summed E-state index contributed by atoms with van der Waals surface area (Å²) in [5.74, 6) is -2.22. The van der Waals surface area contributed by atoms with Crippen LogP contribution in [-0.2, 0) is 15.1 Å². The van der Waals surface area contributed by atoms with Crippen LogP contribution in [0.5, 0.6) is 0 Å². The Morgan fingerprint density at radius 1 is 1.31 bits per heavy atom. The summed E-state index contributed by atoms with van der Waals surface area (Å²) in [5, 5.41) is 15.7. The molecule has 1 saturated heterocycles. The van der Waals surface area contributed by atoms with E-state index in [0.29, 0.717) is 9.37 Å². The van der Waals surface area contributed by atoms with Crippen LogP contribution in [0.4, 0.5) is 20.6 Å². The summed E-state index contributed by atoms with van der Waals surface area (Å²) in [4.78, 5) is 48.4. The van der Waals surface area contributed by atoms with E-state index in [2.05, 4.69) is 26.6 Å². The van der Waals surface area contributed by atoms with Gasteiger partial charge in [-0.15, -0.1) is 0 Å². The number of rotatable bonds is 5. The van der Waals surface area contributed by atoms with Crippen molar-refractivity contribution in [2.75, 3.05) is 11.9 Å². The number of nitro groups is 1. The molecule has 0 spiro atoms. The number of hydrogen-bond acceptors (Lipinski definition) is 5. The summed E-state index contributed by atoms with van der Waals surface area (Å²) >= 11 is 3.10. The average molecular weight is 465 g/mol. The summed E-state index contributed by atoms with van der Waals surface area (Å²) in [5.41, 5.74) is -1.72. The zero-order valence-corrected chi connectivity index (χ0v) is 16.5. The smallest absolute Gasteiger partial charge is 0.322 e. The molecule has 0 saturated carbocycles. The van der Waals surface area contributed by atoms with Crippen molar-refractivity contribution in [2.24, 2.45) is 0 Å². The van der Waals surface area contributed by atoms with Gasteiger partial charge in [0.15, 0.2) is 0 Å². The lowest BCUT2D eigenvalue weighted by Crippen LogP contribution is -2.42. The Morgan fingerprint density at radius 2 is 2.03 bits per heavy atom. The molecule has 150 valence electrons. The molecule has 0 bridgehead atoms. The van der Waals surface area contributed by atoms with Crippen molar-refractivity contribution in [1.29, 1.82) is 0 Å². The van der Waals surface area contributed by atoms with Gasteiger partial charge in [-0.2, -0.15) is 0 Å². The summed E-state index contributed by atoms with van der Waals surface area (Å²) < 4.78 is 14.3. The average Bonchev–Trinajstić information content (AvgIpc) is 2.88. The minimum atomic E-state index is -1.58. The normalized spacial score (nSPS) is 18.5. The number of amides is 4. The fourth-order valence-corrected chi connectivity index (χ4v) is 3.22. The molecule has 9 nitrogen and oxygen atoms in total. The number of nitrogens with one attached hydrogen (secondary N) is 2. The molecule has 1 heterocycles. The molecule has 4 amide bonds. The number of halogens is 2. The van der Waals surface area contributed by atoms with E-state index in [1.165, 1.54) is 43.3 Å². The van der Waals surface area contributed by atoms with E-state index in [4.69, 9.17) is 0 Å². The Balaban J connectivity index is 1.79. The van der Waals surface area contributed by atoms with Crippen molar-refractivity contribution in [3.8, 4) is 0 Å². The van der Waals surface area contributed by atoms with Gasteiger partial charge in [0.1, 0.15) is 17.9 Å². The summed E-state index contributed by atoms with van der Waals surface area (Å²) in [7, 11) is 0. The van der Waals surface area contributed by atoms with Crippen LogP contribution in [0.15, 0.2) is 46.9 Å². The lowest BCUT2D eigenvalue weighted by Gasteiger charge is -2.22.